The Balaban J connectivity index is 1.69. The van der Waals surface area contributed by atoms with Crippen molar-refractivity contribution in [3.05, 3.63) is 65.6 Å². The summed E-state index contributed by atoms with van der Waals surface area (Å²) < 4.78 is 43.7. The van der Waals surface area contributed by atoms with Crippen molar-refractivity contribution in [1.29, 1.82) is 0 Å². The fraction of sp³-hybridized carbons (Fsp3) is 0.300. The van der Waals surface area contributed by atoms with E-state index in [0.717, 1.165) is 0 Å². The number of carbonyl (C=O) groups is 1. The molecule has 28 heavy (non-hydrogen) atoms. The summed E-state index contributed by atoms with van der Waals surface area (Å²) in [5.74, 6) is -1.67. The van der Waals surface area contributed by atoms with Crippen molar-refractivity contribution in [2.45, 2.75) is 25.2 Å². The zero-order valence-electron chi connectivity index (χ0n) is 15.0. The molecule has 3 heterocycles. The molecule has 1 aliphatic rings. The number of hydrogen-bond donors (Lipinski definition) is 2. The van der Waals surface area contributed by atoms with E-state index in [0.29, 0.717) is 24.0 Å². The molecule has 0 saturated carbocycles. The van der Waals surface area contributed by atoms with E-state index in [1.807, 2.05) is 0 Å². The number of pyridine rings is 1. The lowest BCUT2D eigenvalue weighted by Crippen LogP contribution is -2.50. The second-order valence-electron chi connectivity index (χ2n) is 6.88. The molecule has 1 amide bonds. The van der Waals surface area contributed by atoms with Crippen LogP contribution in [0.15, 0.2) is 42.7 Å². The first-order valence-electron chi connectivity index (χ1n) is 9.06. The average molecular weight is 388 g/mol. The summed E-state index contributed by atoms with van der Waals surface area (Å²) in [4.78, 5) is 16.3. The summed E-state index contributed by atoms with van der Waals surface area (Å²) in [6, 6.07) is 6.83. The Morgan fingerprint density at radius 3 is 2.96 bits per heavy atom. The number of hydrogen-bond acceptors (Lipinski definition) is 3. The molecule has 0 spiro atoms. The van der Waals surface area contributed by atoms with Gasteiger partial charge in [-0.25, -0.2) is 13.8 Å². The molecule has 0 radical (unpaired) electrons. The topological polar surface area (TPSA) is 59.0 Å². The lowest BCUT2D eigenvalue weighted by atomic mass is 10.0. The Morgan fingerprint density at radius 2 is 2.18 bits per heavy atom. The Kier molecular flexibility index (Phi) is 5.04. The largest absolute Gasteiger partial charge is 0.346 e. The van der Waals surface area contributed by atoms with Gasteiger partial charge in [0, 0.05) is 30.9 Å². The molecule has 5 nitrogen and oxygen atoms in total. The molecule has 1 saturated heterocycles. The maximum atomic E-state index is 14.5. The van der Waals surface area contributed by atoms with Crippen LogP contribution in [0.3, 0.4) is 0 Å². The van der Waals surface area contributed by atoms with Crippen LogP contribution in [0.5, 0.6) is 0 Å². The summed E-state index contributed by atoms with van der Waals surface area (Å²) in [7, 11) is 0. The van der Waals surface area contributed by atoms with Crippen molar-refractivity contribution in [3.8, 4) is 0 Å². The maximum absolute atomic E-state index is 14.5. The second-order valence-corrected chi connectivity index (χ2v) is 6.88. The number of alkyl halides is 1. The number of piperidine rings is 1. The van der Waals surface area contributed by atoms with E-state index in [4.69, 9.17) is 0 Å². The van der Waals surface area contributed by atoms with E-state index >= 15 is 0 Å². The van der Waals surface area contributed by atoms with Gasteiger partial charge < -0.3 is 15.2 Å². The molecule has 2 N–H and O–H groups in total. The Morgan fingerprint density at radius 1 is 1.32 bits per heavy atom. The lowest BCUT2D eigenvalue weighted by Gasteiger charge is -2.27. The van der Waals surface area contributed by atoms with Crippen LogP contribution >= 0.6 is 0 Å². The van der Waals surface area contributed by atoms with Crippen molar-refractivity contribution in [3.63, 3.8) is 0 Å². The van der Waals surface area contributed by atoms with Crippen LogP contribution in [0.1, 0.15) is 22.3 Å². The van der Waals surface area contributed by atoms with Crippen LogP contribution in [0, 0.1) is 11.8 Å². The number of aromatic nitrogens is 2. The zero-order chi connectivity index (χ0) is 19.7. The zero-order valence-corrected chi connectivity index (χ0v) is 15.0. The molecule has 146 valence electrons. The first-order chi connectivity index (χ1) is 13.5. The van der Waals surface area contributed by atoms with Gasteiger partial charge in [-0.1, -0.05) is 6.07 Å². The van der Waals surface area contributed by atoms with Crippen molar-refractivity contribution in [2.75, 3.05) is 13.1 Å². The number of halogens is 3. The highest BCUT2D eigenvalue weighted by Gasteiger charge is 2.28. The number of nitrogens with one attached hydrogen (secondary N) is 2. The van der Waals surface area contributed by atoms with E-state index in [1.165, 1.54) is 24.5 Å². The normalized spacial score (nSPS) is 19.7. The molecular formula is C20H19F3N4O. The van der Waals surface area contributed by atoms with Crippen LogP contribution < -0.4 is 10.6 Å². The van der Waals surface area contributed by atoms with Gasteiger partial charge in [0.2, 0.25) is 5.95 Å². The van der Waals surface area contributed by atoms with Gasteiger partial charge in [0.05, 0.1) is 17.1 Å². The molecule has 3 aromatic rings. The molecule has 0 unspecified atom stereocenters. The maximum Gasteiger partial charge on any atom is 0.253 e. The highest BCUT2D eigenvalue weighted by atomic mass is 19.1. The minimum atomic E-state index is -1.20. The minimum Gasteiger partial charge on any atom is -0.346 e. The van der Waals surface area contributed by atoms with Crippen LogP contribution in [0.2, 0.25) is 0 Å². The second kappa shape index (κ2) is 7.63. The Hall–Kier alpha value is -2.87. The van der Waals surface area contributed by atoms with Gasteiger partial charge in [0.15, 0.2) is 0 Å². The third-order valence-corrected chi connectivity index (χ3v) is 4.97. The van der Waals surface area contributed by atoms with Gasteiger partial charge in [0.25, 0.3) is 5.91 Å². The summed E-state index contributed by atoms with van der Waals surface area (Å²) in [6.07, 6.45) is 2.14. The van der Waals surface area contributed by atoms with Gasteiger partial charge in [-0.15, -0.1) is 0 Å². The quantitative estimate of drug-likeness (QED) is 0.676. The summed E-state index contributed by atoms with van der Waals surface area (Å²) in [5.41, 5.74) is 1.26. The third-order valence-electron chi connectivity index (χ3n) is 4.97. The molecule has 8 heteroatoms. The van der Waals surface area contributed by atoms with E-state index in [2.05, 4.69) is 15.6 Å². The van der Waals surface area contributed by atoms with Crippen molar-refractivity contribution >= 4 is 16.8 Å². The average Bonchev–Trinajstić information content (AvgIpc) is 3.04. The first kappa shape index (κ1) is 18.5. The molecule has 2 aromatic heterocycles. The van der Waals surface area contributed by atoms with Gasteiger partial charge >= 0.3 is 0 Å². The standard InChI is InChI=1S/C20H19F3N4O/c21-14-2-1-3-17-19(14)13(20(28)26-16-5-6-24-9-15(16)22)11-27(17)10-12-4-7-25-18(23)8-12/h1-4,7-8,11,15-16,24H,5-6,9-10H2,(H,26,28)/t15-,16+/m0/s1. The fourth-order valence-corrected chi connectivity index (χ4v) is 3.58. The Labute approximate surface area is 159 Å². The van der Waals surface area contributed by atoms with Gasteiger partial charge in [0.1, 0.15) is 12.0 Å². The van der Waals surface area contributed by atoms with Gasteiger partial charge in [-0.3, -0.25) is 4.79 Å². The number of nitrogens with zero attached hydrogens (tertiary/aromatic N) is 2. The van der Waals surface area contributed by atoms with Gasteiger partial charge in [-0.2, -0.15) is 4.39 Å². The number of amides is 1. The van der Waals surface area contributed by atoms with E-state index in [1.54, 1.807) is 22.8 Å². The van der Waals surface area contributed by atoms with E-state index in [-0.39, 0.29) is 24.0 Å². The van der Waals surface area contributed by atoms with Gasteiger partial charge in [-0.05, 0) is 42.8 Å². The molecule has 2 atom stereocenters. The highest BCUT2D eigenvalue weighted by Crippen LogP contribution is 2.26. The Bertz CT molecular complexity index is 1020. The minimum absolute atomic E-state index is 0.133. The summed E-state index contributed by atoms with van der Waals surface area (Å²) in [5, 5.41) is 5.78. The number of rotatable bonds is 4. The van der Waals surface area contributed by atoms with Crippen molar-refractivity contribution in [1.82, 2.24) is 20.2 Å². The SMILES string of the molecule is O=C(N[C@@H]1CCNC[C@@H]1F)c1cn(Cc2ccnc(F)c2)c2cccc(F)c12. The third kappa shape index (κ3) is 3.60. The molecule has 1 aliphatic heterocycles. The van der Waals surface area contributed by atoms with Crippen LogP contribution in [0.25, 0.3) is 10.9 Å². The molecular weight excluding hydrogens is 369 g/mol. The monoisotopic (exact) mass is 388 g/mol. The summed E-state index contributed by atoms with van der Waals surface area (Å²) >= 11 is 0. The molecule has 0 aliphatic carbocycles. The predicted molar refractivity (Wildman–Crippen MR) is 98.8 cm³/mol. The van der Waals surface area contributed by atoms with Crippen molar-refractivity contribution < 1.29 is 18.0 Å². The fourth-order valence-electron chi connectivity index (χ4n) is 3.58. The highest BCUT2D eigenvalue weighted by molar-refractivity contribution is 6.07. The molecule has 1 aromatic carbocycles. The number of fused-ring (bicyclic) bond motifs is 1. The number of carbonyl (C=O) groups excluding carboxylic acids is 1. The summed E-state index contributed by atoms with van der Waals surface area (Å²) in [6.45, 7) is 1.02. The van der Waals surface area contributed by atoms with Crippen LogP contribution in [0.4, 0.5) is 13.2 Å². The number of benzene rings is 1. The van der Waals surface area contributed by atoms with E-state index in [9.17, 15) is 18.0 Å². The van der Waals surface area contributed by atoms with Crippen molar-refractivity contribution in [2.24, 2.45) is 0 Å². The molecule has 4 rings (SSSR count). The van der Waals surface area contributed by atoms with Crippen LogP contribution in [-0.2, 0) is 6.54 Å². The molecule has 1 fully saturated rings. The van der Waals surface area contributed by atoms with E-state index < -0.39 is 29.9 Å². The predicted octanol–water partition coefficient (Wildman–Crippen LogP) is 2.79. The molecule has 0 bridgehead atoms. The smallest absolute Gasteiger partial charge is 0.253 e. The lowest BCUT2D eigenvalue weighted by molar-refractivity contribution is 0.0893. The van der Waals surface area contributed by atoms with Crippen LogP contribution in [-0.4, -0.2) is 40.8 Å². The first-order valence-corrected chi connectivity index (χ1v) is 9.06.